The summed E-state index contributed by atoms with van der Waals surface area (Å²) in [5.74, 6) is 1.15. The SMILES string of the molecule is Cc1ccccc1[C@@H]1[C@@H]2CN(C(=O)COc3ccc(F)cc3)C[C@@H]2CN1C.Cl. The Balaban J connectivity index is 0.00000225. The number of carbonyl (C=O) groups is 1. The van der Waals surface area contributed by atoms with Crippen LogP contribution in [0.4, 0.5) is 4.39 Å². The monoisotopic (exact) mass is 404 g/mol. The average Bonchev–Trinajstić information content (AvgIpc) is 3.18. The van der Waals surface area contributed by atoms with Gasteiger partial charge in [0.25, 0.3) is 5.91 Å². The molecule has 2 saturated heterocycles. The van der Waals surface area contributed by atoms with Gasteiger partial charge in [0, 0.05) is 31.6 Å². The number of likely N-dealkylation sites (tertiary alicyclic amines) is 2. The lowest BCUT2D eigenvalue weighted by Gasteiger charge is -2.28. The molecule has 6 heteroatoms. The Morgan fingerprint density at radius 1 is 1.11 bits per heavy atom. The molecule has 2 aliphatic rings. The molecule has 0 spiro atoms. The van der Waals surface area contributed by atoms with Crippen LogP contribution in [0.15, 0.2) is 48.5 Å². The predicted molar refractivity (Wildman–Crippen MR) is 109 cm³/mol. The molecule has 2 aliphatic heterocycles. The molecule has 0 N–H and O–H groups in total. The zero-order valence-corrected chi connectivity index (χ0v) is 17.0. The van der Waals surface area contributed by atoms with Crippen LogP contribution in [0.1, 0.15) is 17.2 Å². The number of carbonyl (C=O) groups excluding carboxylic acids is 1. The molecule has 3 atom stereocenters. The summed E-state index contributed by atoms with van der Waals surface area (Å²) in [6.07, 6.45) is 0. The highest BCUT2D eigenvalue weighted by atomic mass is 35.5. The smallest absolute Gasteiger partial charge is 0.260 e. The molecule has 4 rings (SSSR count). The van der Waals surface area contributed by atoms with Gasteiger partial charge in [-0.05, 0) is 55.3 Å². The number of rotatable bonds is 4. The molecule has 0 aromatic heterocycles. The summed E-state index contributed by atoms with van der Waals surface area (Å²) in [6, 6.07) is 14.7. The maximum atomic E-state index is 13.0. The highest BCUT2D eigenvalue weighted by Gasteiger charge is 2.47. The first-order valence-electron chi connectivity index (χ1n) is 9.45. The van der Waals surface area contributed by atoms with Gasteiger partial charge in [-0.3, -0.25) is 9.69 Å². The molecule has 0 saturated carbocycles. The first-order chi connectivity index (χ1) is 13.0. The second-order valence-electron chi connectivity index (χ2n) is 7.71. The third kappa shape index (κ3) is 4.01. The van der Waals surface area contributed by atoms with Crippen LogP contribution in [0.3, 0.4) is 0 Å². The van der Waals surface area contributed by atoms with Gasteiger partial charge in [0.05, 0.1) is 0 Å². The van der Waals surface area contributed by atoms with E-state index in [0.29, 0.717) is 23.6 Å². The summed E-state index contributed by atoms with van der Waals surface area (Å²) in [5, 5.41) is 0. The minimum atomic E-state index is -0.313. The number of hydrogen-bond donors (Lipinski definition) is 0. The van der Waals surface area contributed by atoms with Crippen molar-refractivity contribution in [1.82, 2.24) is 9.80 Å². The molecule has 2 aromatic carbocycles. The fourth-order valence-electron chi connectivity index (χ4n) is 4.62. The van der Waals surface area contributed by atoms with Crippen molar-refractivity contribution in [3.05, 3.63) is 65.5 Å². The number of halogens is 2. The molecule has 2 aromatic rings. The molecule has 28 heavy (non-hydrogen) atoms. The number of hydrogen-bond acceptors (Lipinski definition) is 3. The van der Waals surface area contributed by atoms with Gasteiger partial charge in [-0.25, -0.2) is 4.39 Å². The summed E-state index contributed by atoms with van der Waals surface area (Å²) in [6.45, 7) is 4.70. The van der Waals surface area contributed by atoms with Crippen LogP contribution < -0.4 is 4.74 Å². The standard InChI is InChI=1S/C22H25FN2O2.ClH/c1-15-5-3-4-6-19(15)22-20-13-25(12-16(20)11-24(22)2)21(26)14-27-18-9-7-17(23)8-10-18;/h3-10,16,20,22H,11-14H2,1-2H3;1H/t16-,20+,22+;/m0./s1. The van der Waals surface area contributed by atoms with Crippen molar-refractivity contribution in [3.63, 3.8) is 0 Å². The van der Waals surface area contributed by atoms with E-state index in [0.717, 1.165) is 19.6 Å². The van der Waals surface area contributed by atoms with E-state index in [2.05, 4.69) is 43.1 Å². The Morgan fingerprint density at radius 2 is 1.82 bits per heavy atom. The van der Waals surface area contributed by atoms with Crippen LogP contribution >= 0.6 is 12.4 Å². The molecule has 0 aliphatic carbocycles. The molecule has 150 valence electrons. The second-order valence-corrected chi connectivity index (χ2v) is 7.71. The molecule has 1 amide bonds. The van der Waals surface area contributed by atoms with E-state index in [4.69, 9.17) is 4.74 Å². The van der Waals surface area contributed by atoms with Crippen LogP contribution in [0, 0.1) is 24.6 Å². The van der Waals surface area contributed by atoms with Crippen LogP contribution in [-0.2, 0) is 4.79 Å². The number of ether oxygens (including phenoxy) is 1. The maximum Gasteiger partial charge on any atom is 0.260 e. The van der Waals surface area contributed by atoms with Crippen molar-refractivity contribution in [3.8, 4) is 5.75 Å². The molecule has 0 unspecified atom stereocenters. The van der Waals surface area contributed by atoms with Crippen LogP contribution in [-0.4, -0.2) is 49.0 Å². The number of benzene rings is 2. The molecule has 2 fully saturated rings. The molecule has 0 radical (unpaired) electrons. The first-order valence-corrected chi connectivity index (χ1v) is 9.45. The molecule has 2 heterocycles. The average molecular weight is 405 g/mol. The summed E-state index contributed by atoms with van der Waals surface area (Å²) in [4.78, 5) is 17.0. The Labute approximate surface area is 171 Å². The Kier molecular flexibility index (Phi) is 6.26. The summed E-state index contributed by atoms with van der Waals surface area (Å²) < 4.78 is 18.5. The number of amides is 1. The van der Waals surface area contributed by atoms with E-state index in [1.807, 2.05) is 4.90 Å². The fraction of sp³-hybridized carbons (Fsp3) is 0.409. The molecule has 0 bridgehead atoms. The summed E-state index contributed by atoms with van der Waals surface area (Å²) in [5.41, 5.74) is 2.67. The lowest BCUT2D eigenvalue weighted by molar-refractivity contribution is -0.132. The van der Waals surface area contributed by atoms with Crippen molar-refractivity contribution in [2.24, 2.45) is 11.8 Å². The lowest BCUT2D eigenvalue weighted by atomic mass is 9.88. The van der Waals surface area contributed by atoms with Crippen molar-refractivity contribution >= 4 is 18.3 Å². The van der Waals surface area contributed by atoms with Crippen molar-refractivity contribution < 1.29 is 13.9 Å². The molecular weight excluding hydrogens is 379 g/mol. The third-order valence-electron chi connectivity index (χ3n) is 5.93. The van der Waals surface area contributed by atoms with Gasteiger partial charge in [0.1, 0.15) is 11.6 Å². The lowest BCUT2D eigenvalue weighted by Crippen LogP contribution is -2.36. The zero-order chi connectivity index (χ0) is 19.0. The number of fused-ring (bicyclic) bond motifs is 1. The predicted octanol–water partition coefficient (Wildman–Crippen LogP) is 3.70. The van der Waals surface area contributed by atoms with E-state index in [9.17, 15) is 9.18 Å². The number of nitrogens with zero attached hydrogens (tertiary/aromatic N) is 2. The summed E-state index contributed by atoms with van der Waals surface area (Å²) in [7, 11) is 2.18. The van der Waals surface area contributed by atoms with Gasteiger partial charge in [0.15, 0.2) is 6.61 Å². The van der Waals surface area contributed by atoms with E-state index in [-0.39, 0.29) is 30.7 Å². The largest absolute Gasteiger partial charge is 0.484 e. The van der Waals surface area contributed by atoms with Crippen LogP contribution in [0.25, 0.3) is 0 Å². The highest BCUT2D eigenvalue weighted by molar-refractivity contribution is 5.85. The normalized spacial score (nSPS) is 24.0. The highest BCUT2D eigenvalue weighted by Crippen LogP contribution is 2.44. The first kappa shape index (κ1) is 20.6. The van der Waals surface area contributed by atoms with E-state index >= 15 is 0 Å². The van der Waals surface area contributed by atoms with Gasteiger partial charge < -0.3 is 9.64 Å². The molecular formula is C22H26ClFN2O2. The minimum absolute atomic E-state index is 0. The van der Waals surface area contributed by atoms with E-state index in [1.54, 1.807) is 12.1 Å². The van der Waals surface area contributed by atoms with Crippen LogP contribution in [0.5, 0.6) is 5.75 Å². The topological polar surface area (TPSA) is 32.8 Å². The quantitative estimate of drug-likeness (QED) is 0.779. The van der Waals surface area contributed by atoms with Crippen molar-refractivity contribution in [1.29, 1.82) is 0 Å². The zero-order valence-electron chi connectivity index (χ0n) is 16.2. The van der Waals surface area contributed by atoms with Gasteiger partial charge in [-0.2, -0.15) is 0 Å². The minimum Gasteiger partial charge on any atom is -0.484 e. The second kappa shape index (κ2) is 8.50. The number of aryl methyl sites for hydroxylation is 1. The van der Waals surface area contributed by atoms with E-state index < -0.39 is 0 Å². The van der Waals surface area contributed by atoms with E-state index in [1.165, 1.54) is 23.3 Å². The van der Waals surface area contributed by atoms with Crippen molar-refractivity contribution in [2.75, 3.05) is 33.3 Å². The van der Waals surface area contributed by atoms with Gasteiger partial charge in [-0.1, -0.05) is 24.3 Å². The van der Waals surface area contributed by atoms with Crippen LogP contribution in [0.2, 0.25) is 0 Å². The van der Waals surface area contributed by atoms with Gasteiger partial charge >= 0.3 is 0 Å². The Hall–Kier alpha value is -2.11. The van der Waals surface area contributed by atoms with Gasteiger partial charge in [0.2, 0.25) is 0 Å². The third-order valence-corrected chi connectivity index (χ3v) is 5.93. The van der Waals surface area contributed by atoms with Crippen molar-refractivity contribution in [2.45, 2.75) is 13.0 Å². The Bertz CT molecular complexity index is 830. The summed E-state index contributed by atoms with van der Waals surface area (Å²) >= 11 is 0. The Morgan fingerprint density at radius 3 is 2.54 bits per heavy atom. The fourth-order valence-corrected chi connectivity index (χ4v) is 4.62. The maximum absolute atomic E-state index is 13.0. The van der Waals surface area contributed by atoms with Gasteiger partial charge in [-0.15, -0.1) is 12.4 Å². The molecule has 4 nitrogen and oxygen atoms in total.